The Morgan fingerprint density at radius 2 is 1.96 bits per heavy atom. The Labute approximate surface area is 147 Å². The molecule has 132 valence electrons. The fourth-order valence-corrected chi connectivity index (χ4v) is 3.32. The Morgan fingerprint density at radius 3 is 2.64 bits per heavy atom. The summed E-state index contributed by atoms with van der Waals surface area (Å²) in [6.45, 7) is 2.97. The first-order valence-electron chi connectivity index (χ1n) is 8.59. The molecule has 0 aliphatic carbocycles. The standard InChI is InChI=1S/C18H23N5O2/c1-21(18-17(23(24)25)6-4-11-20-18)16-8-13-22(14-9-16)12-7-15-5-2-3-10-19-15/h2-6,10-11,16H,7-9,12-14H2,1H3. The first kappa shape index (κ1) is 17.3. The second-order valence-corrected chi connectivity index (χ2v) is 6.36. The highest BCUT2D eigenvalue weighted by molar-refractivity contribution is 5.57. The molecule has 0 amide bonds. The molecule has 7 nitrogen and oxygen atoms in total. The van der Waals surface area contributed by atoms with Crippen LogP contribution in [0.25, 0.3) is 0 Å². The van der Waals surface area contributed by atoms with Crippen molar-refractivity contribution in [2.24, 2.45) is 0 Å². The Morgan fingerprint density at radius 1 is 1.20 bits per heavy atom. The SMILES string of the molecule is CN(c1ncccc1[N+](=O)[O-])C1CCN(CCc2ccccn2)CC1. The van der Waals surface area contributed by atoms with Crippen LogP contribution in [0.5, 0.6) is 0 Å². The van der Waals surface area contributed by atoms with E-state index in [1.807, 2.05) is 30.3 Å². The largest absolute Gasteiger partial charge is 0.351 e. The van der Waals surface area contributed by atoms with Crippen molar-refractivity contribution < 1.29 is 4.92 Å². The third-order valence-electron chi connectivity index (χ3n) is 4.81. The third-order valence-corrected chi connectivity index (χ3v) is 4.81. The summed E-state index contributed by atoms with van der Waals surface area (Å²) < 4.78 is 0. The monoisotopic (exact) mass is 341 g/mol. The molecule has 1 saturated heterocycles. The first-order valence-corrected chi connectivity index (χ1v) is 8.59. The van der Waals surface area contributed by atoms with Gasteiger partial charge in [0.05, 0.1) is 4.92 Å². The summed E-state index contributed by atoms with van der Waals surface area (Å²) in [6.07, 6.45) is 6.35. The van der Waals surface area contributed by atoms with Gasteiger partial charge >= 0.3 is 5.69 Å². The average Bonchev–Trinajstić information content (AvgIpc) is 2.67. The Hall–Kier alpha value is -2.54. The highest BCUT2D eigenvalue weighted by Gasteiger charge is 2.27. The number of aromatic nitrogens is 2. The topological polar surface area (TPSA) is 75.4 Å². The van der Waals surface area contributed by atoms with E-state index < -0.39 is 0 Å². The van der Waals surface area contributed by atoms with Gasteiger partial charge in [0.2, 0.25) is 5.82 Å². The van der Waals surface area contributed by atoms with E-state index in [9.17, 15) is 10.1 Å². The van der Waals surface area contributed by atoms with Gasteiger partial charge in [-0.15, -0.1) is 0 Å². The van der Waals surface area contributed by atoms with Crippen molar-refractivity contribution in [1.82, 2.24) is 14.9 Å². The highest BCUT2D eigenvalue weighted by Crippen LogP contribution is 2.28. The van der Waals surface area contributed by atoms with Crippen LogP contribution in [0.3, 0.4) is 0 Å². The van der Waals surface area contributed by atoms with Gasteiger partial charge in [0, 0.05) is 63.3 Å². The molecule has 3 rings (SSSR count). The van der Waals surface area contributed by atoms with Gasteiger partial charge in [0.15, 0.2) is 0 Å². The third kappa shape index (κ3) is 4.30. The van der Waals surface area contributed by atoms with Gasteiger partial charge in [0.1, 0.15) is 0 Å². The molecule has 0 spiro atoms. The van der Waals surface area contributed by atoms with Gasteiger partial charge < -0.3 is 9.80 Å². The molecule has 0 N–H and O–H groups in total. The summed E-state index contributed by atoms with van der Waals surface area (Å²) in [5, 5.41) is 11.2. The lowest BCUT2D eigenvalue weighted by molar-refractivity contribution is -0.384. The van der Waals surface area contributed by atoms with E-state index in [1.165, 1.54) is 6.07 Å². The number of nitrogens with zero attached hydrogens (tertiary/aromatic N) is 5. The molecule has 25 heavy (non-hydrogen) atoms. The number of likely N-dealkylation sites (tertiary alicyclic amines) is 1. The number of piperidine rings is 1. The van der Waals surface area contributed by atoms with Crippen LogP contribution in [-0.4, -0.2) is 52.5 Å². The molecule has 0 aromatic carbocycles. The summed E-state index contributed by atoms with van der Waals surface area (Å²) in [6, 6.07) is 9.40. The molecule has 3 heterocycles. The molecule has 0 unspecified atom stereocenters. The van der Waals surface area contributed by atoms with E-state index in [-0.39, 0.29) is 16.7 Å². The van der Waals surface area contributed by atoms with E-state index in [1.54, 1.807) is 12.3 Å². The average molecular weight is 341 g/mol. The van der Waals surface area contributed by atoms with E-state index in [2.05, 4.69) is 20.9 Å². The number of rotatable bonds is 6. The first-order chi connectivity index (χ1) is 12.1. The number of hydrogen-bond donors (Lipinski definition) is 0. The molecule has 0 saturated carbocycles. The van der Waals surface area contributed by atoms with Crippen LogP contribution in [0.1, 0.15) is 18.5 Å². The van der Waals surface area contributed by atoms with E-state index in [0.717, 1.165) is 44.6 Å². The maximum atomic E-state index is 11.2. The van der Waals surface area contributed by atoms with Crippen LogP contribution < -0.4 is 4.90 Å². The van der Waals surface area contributed by atoms with Gasteiger partial charge in [-0.1, -0.05) is 6.07 Å². The maximum Gasteiger partial charge on any atom is 0.311 e. The minimum atomic E-state index is -0.360. The van der Waals surface area contributed by atoms with Gasteiger partial charge in [-0.2, -0.15) is 0 Å². The van der Waals surface area contributed by atoms with Gasteiger partial charge in [0.25, 0.3) is 0 Å². The molecule has 1 fully saturated rings. The van der Waals surface area contributed by atoms with Crippen LogP contribution in [0.15, 0.2) is 42.7 Å². The predicted molar refractivity (Wildman–Crippen MR) is 96.7 cm³/mol. The minimum Gasteiger partial charge on any atom is -0.351 e. The lowest BCUT2D eigenvalue weighted by atomic mass is 10.0. The molecule has 1 aliphatic heterocycles. The highest BCUT2D eigenvalue weighted by atomic mass is 16.6. The zero-order valence-corrected chi connectivity index (χ0v) is 14.4. The van der Waals surface area contributed by atoms with E-state index >= 15 is 0 Å². The second kappa shape index (κ2) is 8.02. The molecule has 0 radical (unpaired) electrons. The van der Waals surface area contributed by atoms with Crippen molar-refractivity contribution in [2.45, 2.75) is 25.3 Å². The number of pyridine rings is 2. The van der Waals surface area contributed by atoms with Crippen molar-refractivity contribution in [3.8, 4) is 0 Å². The Kier molecular flexibility index (Phi) is 5.55. The quantitative estimate of drug-likeness (QED) is 0.594. The zero-order chi connectivity index (χ0) is 17.6. The lowest BCUT2D eigenvalue weighted by Crippen LogP contribution is -2.44. The van der Waals surface area contributed by atoms with Crippen LogP contribution in [0.4, 0.5) is 11.5 Å². The van der Waals surface area contributed by atoms with Crippen LogP contribution in [0.2, 0.25) is 0 Å². The molecular weight excluding hydrogens is 318 g/mol. The van der Waals surface area contributed by atoms with Gasteiger partial charge in [-0.05, 0) is 31.0 Å². The van der Waals surface area contributed by atoms with Crippen LogP contribution in [-0.2, 0) is 6.42 Å². The van der Waals surface area contributed by atoms with Crippen molar-refractivity contribution >= 4 is 11.5 Å². The molecule has 0 atom stereocenters. The summed E-state index contributed by atoms with van der Waals surface area (Å²) in [5.74, 6) is 0.458. The summed E-state index contributed by atoms with van der Waals surface area (Å²) >= 11 is 0. The lowest BCUT2D eigenvalue weighted by Gasteiger charge is -2.37. The van der Waals surface area contributed by atoms with Gasteiger partial charge in [-0.3, -0.25) is 15.1 Å². The van der Waals surface area contributed by atoms with Crippen LogP contribution >= 0.6 is 0 Å². The van der Waals surface area contributed by atoms with E-state index in [0.29, 0.717) is 5.82 Å². The zero-order valence-electron chi connectivity index (χ0n) is 14.4. The van der Waals surface area contributed by atoms with Crippen molar-refractivity contribution in [3.63, 3.8) is 0 Å². The number of nitro groups is 1. The summed E-state index contributed by atoms with van der Waals surface area (Å²) in [5.41, 5.74) is 1.19. The Balaban J connectivity index is 1.54. The predicted octanol–water partition coefficient (Wildman–Crippen LogP) is 2.53. The fraction of sp³-hybridized carbons (Fsp3) is 0.444. The van der Waals surface area contributed by atoms with Gasteiger partial charge in [-0.25, -0.2) is 4.98 Å². The summed E-state index contributed by atoms with van der Waals surface area (Å²) in [4.78, 5) is 23.8. The molecular formula is C18H23N5O2. The minimum absolute atomic E-state index is 0.0718. The maximum absolute atomic E-state index is 11.2. The molecule has 1 aliphatic rings. The molecule has 0 bridgehead atoms. The normalized spacial score (nSPS) is 15.9. The van der Waals surface area contributed by atoms with Crippen molar-refractivity contribution in [1.29, 1.82) is 0 Å². The molecule has 7 heteroatoms. The van der Waals surface area contributed by atoms with Crippen molar-refractivity contribution in [3.05, 3.63) is 58.5 Å². The Bertz CT molecular complexity index is 702. The molecule has 2 aromatic rings. The second-order valence-electron chi connectivity index (χ2n) is 6.36. The van der Waals surface area contributed by atoms with Crippen molar-refractivity contribution in [2.75, 3.05) is 31.6 Å². The van der Waals surface area contributed by atoms with E-state index in [4.69, 9.17) is 0 Å². The smallest absolute Gasteiger partial charge is 0.311 e. The summed E-state index contributed by atoms with van der Waals surface area (Å²) in [7, 11) is 1.91. The molecule has 2 aromatic heterocycles. The number of anilines is 1. The fourth-order valence-electron chi connectivity index (χ4n) is 3.32. The number of hydrogen-bond acceptors (Lipinski definition) is 6. The van der Waals surface area contributed by atoms with Crippen LogP contribution in [0, 0.1) is 10.1 Å².